The minimum absolute atomic E-state index is 0.0405. The number of anilines is 1. The standard InChI is InChI=1S/C22H19ClN4O5S2/c1-14-5-3-4-6-18(14)31-9-10-32-19-8-7-15(12-17(19)23)11-16(13-24)20(28)25-21-26-22(27-33-21)34(2,29)30/h3-8,11-12H,9-10H2,1-2H3,(H,25,26,27,28)/b16-11-. The molecule has 1 N–H and O–H groups in total. The summed E-state index contributed by atoms with van der Waals surface area (Å²) in [4.78, 5) is 16.1. The largest absolute Gasteiger partial charge is 0.490 e. The molecule has 3 aromatic rings. The van der Waals surface area contributed by atoms with Crippen LogP contribution in [-0.4, -0.2) is 43.2 Å². The molecule has 0 bridgehead atoms. The van der Waals surface area contributed by atoms with Gasteiger partial charge in [-0.05, 0) is 42.3 Å². The molecule has 0 saturated heterocycles. The number of hydrogen-bond acceptors (Lipinski definition) is 9. The van der Waals surface area contributed by atoms with Crippen molar-refractivity contribution in [2.75, 3.05) is 24.8 Å². The average molecular weight is 519 g/mol. The Labute approximate surface area is 205 Å². The first-order valence-electron chi connectivity index (χ1n) is 9.75. The highest BCUT2D eigenvalue weighted by molar-refractivity contribution is 7.90. The van der Waals surface area contributed by atoms with Gasteiger partial charge in [0.15, 0.2) is 0 Å². The maximum absolute atomic E-state index is 12.4. The molecule has 0 aliphatic heterocycles. The number of rotatable bonds is 9. The normalized spacial score (nSPS) is 11.5. The zero-order valence-corrected chi connectivity index (χ0v) is 20.5. The molecule has 0 atom stereocenters. The Morgan fingerprint density at radius 1 is 1.21 bits per heavy atom. The van der Waals surface area contributed by atoms with E-state index in [1.807, 2.05) is 31.2 Å². The molecule has 0 aliphatic carbocycles. The summed E-state index contributed by atoms with van der Waals surface area (Å²) in [7, 11) is -3.60. The van der Waals surface area contributed by atoms with Gasteiger partial charge in [-0.1, -0.05) is 35.9 Å². The van der Waals surface area contributed by atoms with Crippen LogP contribution < -0.4 is 14.8 Å². The SMILES string of the molecule is Cc1ccccc1OCCOc1ccc(/C=C(/C#N)C(=O)Nc2nc(S(C)(=O)=O)ns2)cc1Cl. The van der Waals surface area contributed by atoms with Crippen molar-refractivity contribution in [1.29, 1.82) is 5.26 Å². The van der Waals surface area contributed by atoms with E-state index in [1.165, 1.54) is 6.08 Å². The van der Waals surface area contributed by atoms with E-state index < -0.39 is 20.9 Å². The number of aromatic nitrogens is 2. The monoisotopic (exact) mass is 518 g/mol. The number of nitriles is 1. The van der Waals surface area contributed by atoms with Crippen LogP contribution in [0, 0.1) is 18.3 Å². The first kappa shape index (κ1) is 25.2. The number of sulfone groups is 1. The van der Waals surface area contributed by atoms with E-state index in [0.29, 0.717) is 34.5 Å². The van der Waals surface area contributed by atoms with Gasteiger partial charge in [-0.3, -0.25) is 10.1 Å². The fourth-order valence-electron chi connectivity index (χ4n) is 2.64. The summed E-state index contributed by atoms with van der Waals surface area (Å²) in [6, 6.07) is 14.3. The van der Waals surface area contributed by atoms with E-state index in [-0.39, 0.29) is 17.3 Å². The number of carbonyl (C=O) groups is 1. The van der Waals surface area contributed by atoms with E-state index >= 15 is 0 Å². The summed E-state index contributed by atoms with van der Waals surface area (Å²) in [5.41, 5.74) is 1.29. The Bertz CT molecular complexity index is 1380. The topological polar surface area (TPSA) is 131 Å². The van der Waals surface area contributed by atoms with Crippen LogP contribution in [0.1, 0.15) is 11.1 Å². The number of hydrogen-bond donors (Lipinski definition) is 1. The van der Waals surface area contributed by atoms with Crippen LogP contribution in [0.15, 0.2) is 53.2 Å². The Balaban J connectivity index is 1.61. The minimum Gasteiger partial charge on any atom is -0.490 e. The summed E-state index contributed by atoms with van der Waals surface area (Å²) in [6.07, 6.45) is 2.29. The number of amides is 1. The van der Waals surface area contributed by atoms with Crippen molar-refractivity contribution in [3.8, 4) is 17.6 Å². The number of aryl methyl sites for hydroxylation is 1. The third kappa shape index (κ3) is 6.77. The van der Waals surface area contributed by atoms with E-state index in [0.717, 1.165) is 17.6 Å². The van der Waals surface area contributed by atoms with Gasteiger partial charge in [0, 0.05) is 17.8 Å². The summed E-state index contributed by atoms with van der Waals surface area (Å²) in [5.74, 6) is 0.446. The molecule has 2 aromatic carbocycles. The van der Waals surface area contributed by atoms with Crippen molar-refractivity contribution in [3.63, 3.8) is 0 Å². The van der Waals surface area contributed by atoms with Gasteiger partial charge in [0.25, 0.3) is 11.1 Å². The highest BCUT2D eigenvalue weighted by Crippen LogP contribution is 2.27. The molecule has 0 radical (unpaired) electrons. The second-order valence-corrected chi connectivity index (χ2v) is 10.00. The number of halogens is 1. The molecule has 3 rings (SSSR count). The molecule has 34 heavy (non-hydrogen) atoms. The van der Waals surface area contributed by atoms with Gasteiger partial charge in [-0.25, -0.2) is 8.42 Å². The smallest absolute Gasteiger partial charge is 0.268 e. The molecule has 12 heteroatoms. The van der Waals surface area contributed by atoms with Gasteiger partial charge in [0.1, 0.15) is 36.4 Å². The van der Waals surface area contributed by atoms with Gasteiger partial charge >= 0.3 is 0 Å². The van der Waals surface area contributed by atoms with Gasteiger partial charge in [-0.2, -0.15) is 14.6 Å². The van der Waals surface area contributed by atoms with Crippen LogP contribution in [0.25, 0.3) is 6.08 Å². The highest BCUT2D eigenvalue weighted by atomic mass is 35.5. The van der Waals surface area contributed by atoms with E-state index in [2.05, 4.69) is 14.7 Å². The van der Waals surface area contributed by atoms with Crippen molar-refractivity contribution in [2.24, 2.45) is 0 Å². The van der Waals surface area contributed by atoms with Gasteiger partial charge in [-0.15, -0.1) is 0 Å². The van der Waals surface area contributed by atoms with Crippen LogP contribution in [0.2, 0.25) is 5.02 Å². The zero-order valence-electron chi connectivity index (χ0n) is 18.1. The first-order valence-corrected chi connectivity index (χ1v) is 12.8. The number of benzene rings is 2. The van der Waals surface area contributed by atoms with Crippen molar-refractivity contribution in [2.45, 2.75) is 12.1 Å². The van der Waals surface area contributed by atoms with E-state index in [1.54, 1.807) is 24.3 Å². The molecule has 1 aromatic heterocycles. The summed E-state index contributed by atoms with van der Waals surface area (Å²) in [6.45, 7) is 2.55. The van der Waals surface area contributed by atoms with Crippen LogP contribution in [0.3, 0.4) is 0 Å². The maximum Gasteiger partial charge on any atom is 0.268 e. The van der Waals surface area contributed by atoms with Crippen molar-refractivity contribution in [3.05, 3.63) is 64.2 Å². The third-order valence-corrected chi connectivity index (χ3v) is 6.17. The number of nitrogens with zero attached hydrogens (tertiary/aromatic N) is 3. The Kier molecular flexibility index (Phi) is 8.22. The van der Waals surface area contributed by atoms with E-state index in [9.17, 15) is 18.5 Å². The second-order valence-electron chi connectivity index (χ2n) is 6.93. The molecule has 0 saturated carbocycles. The van der Waals surface area contributed by atoms with Gasteiger partial charge in [0.05, 0.1) is 5.02 Å². The summed E-state index contributed by atoms with van der Waals surface area (Å²) in [5, 5.41) is 11.6. The number of nitrogens with one attached hydrogen (secondary N) is 1. The number of ether oxygens (including phenoxy) is 2. The predicted molar refractivity (Wildman–Crippen MR) is 129 cm³/mol. The summed E-state index contributed by atoms with van der Waals surface area (Å²) >= 11 is 6.98. The number of carbonyl (C=O) groups excluding carboxylic acids is 1. The Morgan fingerprint density at radius 2 is 1.91 bits per heavy atom. The predicted octanol–water partition coefficient (Wildman–Crippen LogP) is 3.91. The fraction of sp³-hybridized carbons (Fsp3) is 0.182. The van der Waals surface area contributed by atoms with Crippen LogP contribution >= 0.6 is 23.1 Å². The third-order valence-electron chi connectivity index (χ3n) is 4.28. The van der Waals surface area contributed by atoms with Crippen LogP contribution in [0.4, 0.5) is 5.13 Å². The molecule has 0 spiro atoms. The van der Waals surface area contributed by atoms with Crippen molar-refractivity contribution >= 4 is 50.1 Å². The Hall–Kier alpha value is -3.46. The first-order chi connectivity index (χ1) is 16.2. The highest BCUT2D eigenvalue weighted by Gasteiger charge is 2.17. The van der Waals surface area contributed by atoms with Crippen molar-refractivity contribution < 1.29 is 22.7 Å². The number of para-hydroxylation sites is 1. The zero-order chi connectivity index (χ0) is 24.7. The maximum atomic E-state index is 12.4. The molecule has 1 amide bonds. The second kappa shape index (κ2) is 11.1. The molecule has 9 nitrogen and oxygen atoms in total. The lowest BCUT2D eigenvalue weighted by atomic mass is 10.1. The van der Waals surface area contributed by atoms with Crippen molar-refractivity contribution in [1.82, 2.24) is 9.36 Å². The molecular weight excluding hydrogens is 500 g/mol. The quantitative estimate of drug-likeness (QED) is 0.256. The van der Waals surface area contributed by atoms with Gasteiger partial charge < -0.3 is 9.47 Å². The lowest BCUT2D eigenvalue weighted by Crippen LogP contribution is -2.13. The minimum atomic E-state index is -3.60. The van der Waals surface area contributed by atoms with Crippen LogP contribution in [0.5, 0.6) is 11.5 Å². The van der Waals surface area contributed by atoms with Crippen LogP contribution in [-0.2, 0) is 14.6 Å². The molecule has 0 aliphatic rings. The lowest BCUT2D eigenvalue weighted by Gasteiger charge is -2.11. The molecule has 0 unspecified atom stereocenters. The molecule has 1 heterocycles. The molecule has 176 valence electrons. The summed E-state index contributed by atoms with van der Waals surface area (Å²) < 4.78 is 37.9. The lowest BCUT2D eigenvalue weighted by molar-refractivity contribution is -0.112. The molecular formula is C22H19ClN4O5S2. The Morgan fingerprint density at radius 3 is 2.53 bits per heavy atom. The average Bonchev–Trinajstić information content (AvgIpc) is 3.26. The van der Waals surface area contributed by atoms with E-state index in [4.69, 9.17) is 21.1 Å². The fourth-order valence-corrected chi connectivity index (χ4v) is 4.32. The van der Waals surface area contributed by atoms with Gasteiger partial charge in [0.2, 0.25) is 15.0 Å². The molecule has 0 fully saturated rings.